The minimum Gasteiger partial charge on any atom is -0.347 e. The molecule has 72 valence electrons. The van der Waals surface area contributed by atoms with E-state index in [4.69, 9.17) is 0 Å². The predicted octanol–water partition coefficient (Wildman–Crippen LogP) is -0.113. The summed E-state index contributed by atoms with van der Waals surface area (Å²) in [5.74, 6) is 0.0472. The Bertz CT molecular complexity index is 258. The molecule has 0 aromatic rings. The van der Waals surface area contributed by atoms with Crippen LogP contribution >= 0.6 is 0 Å². The summed E-state index contributed by atoms with van der Waals surface area (Å²) in [5.41, 5.74) is 0.0589. The Balaban J connectivity index is 2.09. The molecule has 1 heterocycles. The van der Waals surface area contributed by atoms with E-state index in [9.17, 15) is 9.59 Å². The summed E-state index contributed by atoms with van der Waals surface area (Å²) in [6, 6.07) is 0. The number of carbonyl (C=O) groups is 2. The predicted molar refractivity (Wildman–Crippen MR) is 47.0 cm³/mol. The molecule has 0 unspecified atom stereocenters. The summed E-state index contributed by atoms with van der Waals surface area (Å²) in [6.07, 6.45) is 2.60. The van der Waals surface area contributed by atoms with Gasteiger partial charge >= 0.3 is 0 Å². The van der Waals surface area contributed by atoms with E-state index in [0.717, 1.165) is 12.8 Å². The molecule has 0 spiro atoms. The van der Waals surface area contributed by atoms with Crippen molar-refractivity contribution in [3.8, 4) is 0 Å². The topological polar surface area (TPSA) is 49.4 Å². The van der Waals surface area contributed by atoms with E-state index in [1.54, 1.807) is 0 Å². The normalized spacial score (nSPS) is 26.7. The zero-order chi connectivity index (χ0) is 9.47. The largest absolute Gasteiger partial charge is 0.347 e. The van der Waals surface area contributed by atoms with Crippen molar-refractivity contribution in [1.82, 2.24) is 10.2 Å². The van der Waals surface area contributed by atoms with Crippen LogP contribution in [0.1, 0.15) is 26.2 Å². The van der Waals surface area contributed by atoms with E-state index in [0.29, 0.717) is 13.0 Å². The molecule has 0 aromatic heterocycles. The summed E-state index contributed by atoms with van der Waals surface area (Å²) >= 11 is 0. The standard InChI is InChI=1S/C9H14N2O2/c1-9(3-4-9)11-5-2-7(12)10-6-8(11)13/h2-6H2,1H3,(H,10,12). The van der Waals surface area contributed by atoms with Crippen LogP contribution in [0.25, 0.3) is 0 Å². The van der Waals surface area contributed by atoms with E-state index < -0.39 is 0 Å². The second-order valence-corrected chi connectivity index (χ2v) is 4.07. The molecule has 0 atom stereocenters. The maximum absolute atomic E-state index is 11.6. The van der Waals surface area contributed by atoms with Crippen LogP contribution in [0.4, 0.5) is 0 Å². The number of amides is 2. The van der Waals surface area contributed by atoms with Gasteiger partial charge in [-0.1, -0.05) is 0 Å². The Morgan fingerprint density at radius 2 is 2.08 bits per heavy atom. The second kappa shape index (κ2) is 2.72. The van der Waals surface area contributed by atoms with Crippen molar-refractivity contribution < 1.29 is 9.59 Å². The fourth-order valence-corrected chi connectivity index (χ4v) is 1.72. The van der Waals surface area contributed by atoms with E-state index in [1.807, 2.05) is 4.90 Å². The first-order valence-electron chi connectivity index (χ1n) is 4.69. The lowest BCUT2D eigenvalue weighted by Gasteiger charge is -2.27. The SMILES string of the molecule is CC1(N2CCC(=O)NCC2=O)CC1. The summed E-state index contributed by atoms with van der Waals surface area (Å²) in [4.78, 5) is 24.4. The van der Waals surface area contributed by atoms with Gasteiger partial charge in [0.15, 0.2) is 0 Å². The van der Waals surface area contributed by atoms with Gasteiger partial charge in [0.25, 0.3) is 0 Å². The van der Waals surface area contributed by atoms with Gasteiger partial charge in [-0.25, -0.2) is 0 Å². The molecule has 1 saturated heterocycles. The Labute approximate surface area is 77.3 Å². The molecule has 1 N–H and O–H groups in total. The first kappa shape index (κ1) is 8.53. The van der Waals surface area contributed by atoms with Crippen LogP contribution in [-0.2, 0) is 9.59 Å². The lowest BCUT2D eigenvalue weighted by atomic mass is 10.2. The summed E-state index contributed by atoms with van der Waals surface area (Å²) in [6.45, 7) is 2.84. The highest BCUT2D eigenvalue weighted by atomic mass is 16.2. The van der Waals surface area contributed by atoms with Gasteiger partial charge in [-0.3, -0.25) is 9.59 Å². The van der Waals surface area contributed by atoms with Gasteiger partial charge in [0, 0.05) is 18.5 Å². The molecule has 4 nitrogen and oxygen atoms in total. The van der Waals surface area contributed by atoms with Crippen molar-refractivity contribution in [2.75, 3.05) is 13.1 Å². The number of carbonyl (C=O) groups excluding carboxylic acids is 2. The van der Waals surface area contributed by atoms with Crippen molar-refractivity contribution in [3.05, 3.63) is 0 Å². The first-order valence-corrected chi connectivity index (χ1v) is 4.69. The van der Waals surface area contributed by atoms with E-state index in [2.05, 4.69) is 12.2 Å². The minimum atomic E-state index is -0.0138. The maximum atomic E-state index is 11.6. The number of hydrogen-bond donors (Lipinski definition) is 1. The second-order valence-electron chi connectivity index (χ2n) is 4.07. The van der Waals surface area contributed by atoms with Crippen molar-refractivity contribution in [2.24, 2.45) is 0 Å². The van der Waals surface area contributed by atoms with Crippen LogP contribution < -0.4 is 5.32 Å². The number of hydrogen-bond acceptors (Lipinski definition) is 2. The summed E-state index contributed by atoms with van der Waals surface area (Å²) in [7, 11) is 0. The highest BCUT2D eigenvalue weighted by Gasteiger charge is 2.45. The lowest BCUT2D eigenvalue weighted by molar-refractivity contribution is -0.132. The molecule has 13 heavy (non-hydrogen) atoms. The third-order valence-electron chi connectivity index (χ3n) is 2.93. The van der Waals surface area contributed by atoms with Crippen LogP contribution in [0.15, 0.2) is 0 Å². The third-order valence-corrected chi connectivity index (χ3v) is 2.93. The highest BCUT2D eigenvalue weighted by Crippen LogP contribution is 2.41. The van der Waals surface area contributed by atoms with E-state index >= 15 is 0 Å². The third kappa shape index (κ3) is 1.53. The van der Waals surface area contributed by atoms with Crippen LogP contribution in [-0.4, -0.2) is 35.3 Å². The zero-order valence-corrected chi connectivity index (χ0v) is 7.80. The molecular formula is C9H14N2O2. The number of nitrogens with zero attached hydrogens (tertiary/aromatic N) is 1. The minimum absolute atomic E-state index is 0.0138. The fraction of sp³-hybridized carbons (Fsp3) is 0.778. The van der Waals surface area contributed by atoms with Crippen LogP contribution in [0.5, 0.6) is 0 Å². The van der Waals surface area contributed by atoms with Crippen molar-refractivity contribution >= 4 is 11.8 Å². The molecule has 0 bridgehead atoms. The molecule has 0 radical (unpaired) electrons. The van der Waals surface area contributed by atoms with Gasteiger partial charge in [-0.05, 0) is 19.8 Å². The quantitative estimate of drug-likeness (QED) is 0.615. The van der Waals surface area contributed by atoms with Crippen LogP contribution in [0, 0.1) is 0 Å². The Morgan fingerprint density at radius 1 is 1.38 bits per heavy atom. The van der Waals surface area contributed by atoms with Gasteiger partial charge in [-0.2, -0.15) is 0 Å². The van der Waals surface area contributed by atoms with Gasteiger partial charge < -0.3 is 10.2 Å². The first-order chi connectivity index (χ1) is 6.12. The molecule has 0 aromatic carbocycles. The Kier molecular flexibility index (Phi) is 1.78. The van der Waals surface area contributed by atoms with Crippen LogP contribution in [0.2, 0.25) is 0 Å². The molecule has 2 rings (SSSR count). The Morgan fingerprint density at radius 3 is 2.69 bits per heavy atom. The molecule has 2 fully saturated rings. The molecule has 1 aliphatic heterocycles. The van der Waals surface area contributed by atoms with E-state index in [1.165, 1.54) is 0 Å². The van der Waals surface area contributed by atoms with Crippen molar-refractivity contribution in [3.63, 3.8) is 0 Å². The number of rotatable bonds is 1. The van der Waals surface area contributed by atoms with Gasteiger partial charge in [0.1, 0.15) is 0 Å². The van der Waals surface area contributed by atoms with E-state index in [-0.39, 0.29) is 23.9 Å². The maximum Gasteiger partial charge on any atom is 0.242 e. The molecule has 2 aliphatic rings. The monoisotopic (exact) mass is 182 g/mol. The number of nitrogens with one attached hydrogen (secondary N) is 1. The fourth-order valence-electron chi connectivity index (χ4n) is 1.72. The smallest absolute Gasteiger partial charge is 0.242 e. The average molecular weight is 182 g/mol. The lowest BCUT2D eigenvalue weighted by Crippen LogP contribution is -2.42. The molecule has 4 heteroatoms. The van der Waals surface area contributed by atoms with Gasteiger partial charge in [-0.15, -0.1) is 0 Å². The zero-order valence-electron chi connectivity index (χ0n) is 7.80. The highest BCUT2D eigenvalue weighted by molar-refractivity contribution is 5.87. The van der Waals surface area contributed by atoms with Gasteiger partial charge in [0.05, 0.1) is 6.54 Å². The Hall–Kier alpha value is -1.06. The summed E-state index contributed by atoms with van der Waals surface area (Å²) < 4.78 is 0. The van der Waals surface area contributed by atoms with Gasteiger partial charge in [0.2, 0.25) is 11.8 Å². The average Bonchev–Trinajstić information content (AvgIpc) is 2.81. The van der Waals surface area contributed by atoms with Crippen molar-refractivity contribution in [2.45, 2.75) is 31.7 Å². The summed E-state index contributed by atoms with van der Waals surface area (Å²) in [5, 5.41) is 2.59. The molecule has 1 saturated carbocycles. The molecule has 2 amide bonds. The molecular weight excluding hydrogens is 168 g/mol. The van der Waals surface area contributed by atoms with Crippen molar-refractivity contribution in [1.29, 1.82) is 0 Å². The van der Waals surface area contributed by atoms with Crippen LogP contribution in [0.3, 0.4) is 0 Å². The molecule has 1 aliphatic carbocycles.